The van der Waals surface area contributed by atoms with Gasteiger partial charge >= 0.3 is 0 Å². The largest absolute Gasteiger partial charge is 0.388 e. The zero-order valence-electron chi connectivity index (χ0n) is 11.2. The molecule has 2 heterocycles. The highest BCUT2D eigenvalue weighted by Crippen LogP contribution is 2.37. The fourth-order valence-electron chi connectivity index (χ4n) is 3.68. The van der Waals surface area contributed by atoms with Crippen LogP contribution in [0.2, 0.25) is 0 Å². The number of hydrogen-bond acceptors (Lipinski definition) is 3. The minimum absolute atomic E-state index is 0.388. The highest BCUT2D eigenvalue weighted by Gasteiger charge is 2.33. The number of rotatable bonds is 2. The molecule has 1 aliphatic carbocycles. The van der Waals surface area contributed by atoms with Crippen molar-refractivity contribution < 1.29 is 0 Å². The van der Waals surface area contributed by atoms with E-state index in [4.69, 9.17) is 18.0 Å². The number of pyridine rings is 1. The van der Waals surface area contributed by atoms with Gasteiger partial charge in [-0.25, -0.2) is 0 Å². The Labute approximate surface area is 120 Å². The van der Waals surface area contributed by atoms with E-state index in [1.165, 1.54) is 44.2 Å². The topological polar surface area (TPSA) is 42.1 Å². The van der Waals surface area contributed by atoms with E-state index in [0.717, 1.165) is 18.2 Å². The fourth-order valence-corrected chi connectivity index (χ4v) is 3.79. The number of piperidine rings is 1. The maximum Gasteiger partial charge on any atom is 0.122 e. The van der Waals surface area contributed by atoms with Gasteiger partial charge in [0.2, 0.25) is 0 Å². The van der Waals surface area contributed by atoms with Crippen molar-refractivity contribution in [2.24, 2.45) is 11.7 Å². The van der Waals surface area contributed by atoms with E-state index >= 15 is 0 Å². The Bertz CT molecular complexity index is 472. The van der Waals surface area contributed by atoms with E-state index < -0.39 is 0 Å². The number of aromatic nitrogens is 1. The van der Waals surface area contributed by atoms with Gasteiger partial charge < -0.3 is 10.6 Å². The second kappa shape index (κ2) is 5.45. The molecule has 4 heteroatoms. The molecule has 3 nitrogen and oxygen atoms in total. The third kappa shape index (κ3) is 2.59. The molecule has 2 fully saturated rings. The molecule has 1 aromatic heterocycles. The van der Waals surface area contributed by atoms with Gasteiger partial charge in [0.15, 0.2) is 0 Å². The number of nitrogens with zero attached hydrogens (tertiary/aromatic N) is 2. The maximum atomic E-state index is 5.69. The Morgan fingerprint density at radius 3 is 2.89 bits per heavy atom. The normalized spacial score (nSPS) is 26.8. The molecule has 1 saturated carbocycles. The molecule has 0 spiro atoms. The van der Waals surface area contributed by atoms with Crippen LogP contribution in [0.25, 0.3) is 0 Å². The lowest BCUT2D eigenvalue weighted by molar-refractivity contribution is 0.244. The second-order valence-corrected chi connectivity index (χ2v) is 6.15. The number of hydrogen-bond donors (Lipinski definition) is 1. The van der Waals surface area contributed by atoms with E-state index in [1.54, 1.807) is 0 Å². The quantitative estimate of drug-likeness (QED) is 0.843. The molecule has 0 bridgehead atoms. The summed E-state index contributed by atoms with van der Waals surface area (Å²) < 4.78 is 0. The average molecular weight is 275 g/mol. The molecule has 1 aliphatic heterocycles. The summed E-state index contributed by atoms with van der Waals surface area (Å²) in [4.78, 5) is 7.20. The number of anilines is 1. The van der Waals surface area contributed by atoms with Crippen molar-refractivity contribution in [1.29, 1.82) is 0 Å². The van der Waals surface area contributed by atoms with Crippen LogP contribution < -0.4 is 10.6 Å². The summed E-state index contributed by atoms with van der Waals surface area (Å²) in [5, 5.41) is 0. The molecule has 0 radical (unpaired) electrons. The van der Waals surface area contributed by atoms with Gasteiger partial charge in [-0.1, -0.05) is 25.1 Å². The molecule has 2 aliphatic rings. The van der Waals surface area contributed by atoms with E-state index in [2.05, 4.69) is 22.0 Å². The van der Waals surface area contributed by atoms with Crippen LogP contribution in [0.1, 0.15) is 44.2 Å². The van der Waals surface area contributed by atoms with Gasteiger partial charge in [-0.3, -0.25) is 4.98 Å². The molecule has 2 N–H and O–H groups in total. The Balaban J connectivity index is 1.87. The molecule has 2 atom stereocenters. The summed E-state index contributed by atoms with van der Waals surface area (Å²) in [6, 6.07) is 4.86. The molecular weight excluding hydrogens is 254 g/mol. The predicted octanol–water partition coefficient (Wildman–Crippen LogP) is 2.87. The zero-order chi connectivity index (χ0) is 13.2. The molecule has 102 valence electrons. The van der Waals surface area contributed by atoms with E-state index in [1.807, 2.05) is 6.20 Å². The first kappa shape index (κ1) is 12.9. The summed E-state index contributed by atoms with van der Waals surface area (Å²) in [6.45, 7) is 1.15. The van der Waals surface area contributed by atoms with Crippen LogP contribution >= 0.6 is 12.2 Å². The van der Waals surface area contributed by atoms with E-state index in [0.29, 0.717) is 11.0 Å². The summed E-state index contributed by atoms with van der Waals surface area (Å²) >= 11 is 5.03. The minimum atomic E-state index is 0.388. The lowest BCUT2D eigenvalue weighted by atomic mass is 9.78. The molecule has 19 heavy (non-hydrogen) atoms. The summed E-state index contributed by atoms with van der Waals surface area (Å²) in [5.74, 6) is 0.879. The first-order valence-electron chi connectivity index (χ1n) is 7.28. The van der Waals surface area contributed by atoms with Crippen LogP contribution in [0.4, 0.5) is 5.69 Å². The average Bonchev–Trinajstić information content (AvgIpc) is 2.47. The Hall–Kier alpha value is -1.16. The van der Waals surface area contributed by atoms with Crippen molar-refractivity contribution in [3.05, 3.63) is 24.0 Å². The molecule has 0 amide bonds. The third-order valence-corrected chi connectivity index (χ3v) is 4.78. The van der Waals surface area contributed by atoms with Gasteiger partial charge in [0, 0.05) is 24.5 Å². The smallest absolute Gasteiger partial charge is 0.122 e. The molecule has 1 saturated heterocycles. The molecule has 0 aromatic carbocycles. The Morgan fingerprint density at radius 1 is 1.26 bits per heavy atom. The van der Waals surface area contributed by atoms with Crippen LogP contribution in [-0.2, 0) is 0 Å². The standard InChI is InChI=1S/C15H21N3S/c16-15(19)13-10-12(7-8-17-13)18-9-3-5-11-4-1-2-6-14(11)18/h7-8,10-11,14H,1-6,9H2,(H2,16,19). The van der Waals surface area contributed by atoms with Gasteiger partial charge in [-0.2, -0.15) is 0 Å². The molecule has 3 rings (SSSR count). The fraction of sp³-hybridized carbons (Fsp3) is 0.600. The highest BCUT2D eigenvalue weighted by atomic mass is 32.1. The SMILES string of the molecule is NC(=S)c1cc(N2CCCC3CCCCC32)ccn1. The van der Waals surface area contributed by atoms with E-state index in [-0.39, 0.29) is 0 Å². The van der Waals surface area contributed by atoms with Crippen molar-refractivity contribution in [2.45, 2.75) is 44.6 Å². The Kier molecular flexibility index (Phi) is 3.69. The predicted molar refractivity (Wildman–Crippen MR) is 82.5 cm³/mol. The maximum absolute atomic E-state index is 5.69. The lowest BCUT2D eigenvalue weighted by Gasteiger charge is -2.45. The monoisotopic (exact) mass is 275 g/mol. The number of fused-ring (bicyclic) bond motifs is 1. The van der Waals surface area contributed by atoms with Crippen LogP contribution in [0, 0.1) is 5.92 Å². The first-order valence-corrected chi connectivity index (χ1v) is 7.69. The highest BCUT2D eigenvalue weighted by molar-refractivity contribution is 7.80. The second-order valence-electron chi connectivity index (χ2n) is 5.71. The summed E-state index contributed by atoms with van der Waals surface area (Å²) in [6.07, 6.45) is 10.0. The zero-order valence-corrected chi connectivity index (χ0v) is 12.0. The number of thiocarbonyl (C=S) groups is 1. The number of nitrogens with two attached hydrogens (primary N) is 1. The van der Waals surface area contributed by atoms with Crippen LogP contribution in [-0.4, -0.2) is 22.6 Å². The van der Waals surface area contributed by atoms with Gasteiger partial charge in [-0.05, 0) is 43.7 Å². The van der Waals surface area contributed by atoms with Crippen LogP contribution in [0.3, 0.4) is 0 Å². The van der Waals surface area contributed by atoms with Crippen molar-refractivity contribution in [2.75, 3.05) is 11.4 Å². The van der Waals surface area contributed by atoms with Gasteiger partial charge in [0.25, 0.3) is 0 Å². The van der Waals surface area contributed by atoms with Gasteiger partial charge in [-0.15, -0.1) is 0 Å². The van der Waals surface area contributed by atoms with Crippen molar-refractivity contribution in [3.63, 3.8) is 0 Å². The van der Waals surface area contributed by atoms with Crippen molar-refractivity contribution >= 4 is 22.9 Å². The van der Waals surface area contributed by atoms with Crippen molar-refractivity contribution in [1.82, 2.24) is 4.98 Å². The van der Waals surface area contributed by atoms with Crippen molar-refractivity contribution in [3.8, 4) is 0 Å². The first-order chi connectivity index (χ1) is 9.25. The Morgan fingerprint density at radius 2 is 2.05 bits per heavy atom. The van der Waals surface area contributed by atoms with E-state index in [9.17, 15) is 0 Å². The molecule has 2 unspecified atom stereocenters. The summed E-state index contributed by atoms with van der Waals surface area (Å²) in [7, 11) is 0. The van der Waals surface area contributed by atoms with Gasteiger partial charge in [0.1, 0.15) is 4.99 Å². The lowest BCUT2D eigenvalue weighted by Crippen LogP contribution is -2.47. The van der Waals surface area contributed by atoms with Gasteiger partial charge in [0.05, 0.1) is 5.69 Å². The summed E-state index contributed by atoms with van der Waals surface area (Å²) in [5.41, 5.74) is 7.68. The third-order valence-electron chi connectivity index (χ3n) is 4.57. The van der Waals surface area contributed by atoms with Crippen LogP contribution in [0.5, 0.6) is 0 Å². The minimum Gasteiger partial charge on any atom is -0.388 e. The van der Waals surface area contributed by atoms with Crippen LogP contribution in [0.15, 0.2) is 18.3 Å². The molecular formula is C15H21N3S. The molecule has 1 aromatic rings.